The molecule has 1 aromatic rings. The Morgan fingerprint density at radius 1 is 1.14 bits per heavy atom. The number of benzene rings is 1. The van der Waals surface area contributed by atoms with E-state index >= 15 is 0 Å². The third-order valence-corrected chi connectivity index (χ3v) is 5.68. The van der Waals surface area contributed by atoms with E-state index < -0.39 is 53.6 Å². The Kier molecular flexibility index (Phi) is 4.68. The van der Waals surface area contributed by atoms with Crippen molar-refractivity contribution in [1.29, 1.82) is 0 Å². The van der Waals surface area contributed by atoms with E-state index in [4.69, 9.17) is 37.4 Å². The highest BCUT2D eigenvalue weighted by molar-refractivity contribution is 6.38. The molecule has 8 nitrogen and oxygen atoms in total. The average Bonchev–Trinajstić information content (AvgIpc) is 3.26. The van der Waals surface area contributed by atoms with Crippen molar-refractivity contribution in [3.8, 4) is 0 Å². The third-order valence-electron chi connectivity index (χ3n) is 5.14. The Morgan fingerprint density at radius 2 is 1.79 bits per heavy atom. The van der Waals surface area contributed by atoms with E-state index in [0.29, 0.717) is 5.02 Å². The number of fused-ring (bicyclic) bond motifs is 5. The fourth-order valence-corrected chi connectivity index (χ4v) is 4.61. The number of anilines is 1. The molecule has 0 saturated carbocycles. The predicted octanol–water partition coefficient (Wildman–Crippen LogP) is 2.26. The Balaban J connectivity index is 1.76. The summed E-state index contributed by atoms with van der Waals surface area (Å²) in [5.41, 5.74) is -1.42. The van der Waals surface area contributed by atoms with E-state index in [9.17, 15) is 19.2 Å². The summed E-state index contributed by atoms with van der Waals surface area (Å²) in [6.07, 6.45) is 0.847. The Hall–Kier alpha value is -2.42. The van der Waals surface area contributed by atoms with Crippen LogP contribution in [-0.2, 0) is 33.4 Å². The molecule has 2 saturated heterocycles. The van der Waals surface area contributed by atoms with Crippen molar-refractivity contribution >= 4 is 52.6 Å². The monoisotopic (exact) mass is 439 g/mol. The van der Waals surface area contributed by atoms with Crippen LogP contribution in [0.2, 0.25) is 10.0 Å². The van der Waals surface area contributed by atoms with Crippen molar-refractivity contribution in [3.05, 3.63) is 40.4 Å². The molecule has 29 heavy (non-hydrogen) atoms. The molecule has 0 aromatic heterocycles. The van der Waals surface area contributed by atoms with Crippen LogP contribution in [0.15, 0.2) is 30.4 Å². The molecular weight excluding hydrogens is 425 g/mol. The summed E-state index contributed by atoms with van der Waals surface area (Å²) in [6, 6.07) is 4.41. The molecule has 3 aliphatic rings. The highest BCUT2D eigenvalue weighted by Crippen LogP contribution is 2.55. The lowest BCUT2D eigenvalue weighted by atomic mass is 9.76. The zero-order valence-electron chi connectivity index (χ0n) is 15.3. The van der Waals surface area contributed by atoms with Crippen LogP contribution in [-0.4, -0.2) is 41.7 Å². The number of rotatable bonds is 4. The molecular formula is C19H15Cl2NO7. The van der Waals surface area contributed by atoms with Crippen molar-refractivity contribution in [2.45, 2.75) is 31.8 Å². The minimum Gasteiger partial charge on any atom is -0.422 e. The van der Waals surface area contributed by atoms with Crippen LogP contribution in [0.5, 0.6) is 0 Å². The standard InChI is InChI=1S/C19H15Cl2NO7/c1-8(23)27-18(28-9(2)24)19-6-5-13(29-19)14-15(19)17(26)22(16(14)25)12-4-3-10(20)7-11(12)21/h3-7,13-15,18H,1-2H3/t13-,14-,15+,19+/m0/s1. The highest BCUT2D eigenvalue weighted by Gasteiger charge is 2.72. The quantitative estimate of drug-likeness (QED) is 0.307. The molecule has 2 bridgehead atoms. The van der Waals surface area contributed by atoms with Gasteiger partial charge in [0.15, 0.2) is 5.60 Å². The number of imide groups is 1. The second-order valence-corrected chi connectivity index (χ2v) is 7.80. The normalized spacial score (nSPS) is 29.6. The Morgan fingerprint density at radius 3 is 2.38 bits per heavy atom. The Labute approximate surface area is 175 Å². The first kappa shape index (κ1) is 19.9. The summed E-state index contributed by atoms with van der Waals surface area (Å²) >= 11 is 12.1. The zero-order valence-corrected chi connectivity index (χ0v) is 16.8. The van der Waals surface area contributed by atoms with Crippen LogP contribution in [0.4, 0.5) is 5.69 Å². The van der Waals surface area contributed by atoms with Gasteiger partial charge in [-0.25, -0.2) is 4.90 Å². The molecule has 3 heterocycles. The van der Waals surface area contributed by atoms with Crippen molar-refractivity contribution in [2.75, 3.05) is 4.90 Å². The van der Waals surface area contributed by atoms with E-state index in [1.165, 1.54) is 24.3 Å². The summed E-state index contributed by atoms with van der Waals surface area (Å²) in [6.45, 7) is 2.27. The van der Waals surface area contributed by atoms with Crippen LogP contribution < -0.4 is 4.90 Å². The van der Waals surface area contributed by atoms with E-state index in [0.717, 1.165) is 18.7 Å². The van der Waals surface area contributed by atoms with Gasteiger partial charge in [-0.05, 0) is 24.3 Å². The van der Waals surface area contributed by atoms with Gasteiger partial charge in [-0.15, -0.1) is 0 Å². The lowest BCUT2D eigenvalue weighted by Gasteiger charge is -2.34. The molecule has 1 aromatic carbocycles. The van der Waals surface area contributed by atoms with E-state index in [2.05, 4.69) is 0 Å². The summed E-state index contributed by atoms with van der Waals surface area (Å²) in [4.78, 5) is 50.6. The fourth-order valence-electron chi connectivity index (χ4n) is 4.12. The van der Waals surface area contributed by atoms with Gasteiger partial charge in [0.2, 0.25) is 11.8 Å². The SMILES string of the molecule is CC(=O)OC(OC(C)=O)[C@]12C=C[C@H](O1)[C@@H]1C(=O)N(c3ccc(Cl)cc3Cl)C(=O)[C@@H]12. The highest BCUT2D eigenvalue weighted by atomic mass is 35.5. The number of esters is 2. The summed E-state index contributed by atoms with van der Waals surface area (Å²) in [7, 11) is 0. The van der Waals surface area contributed by atoms with Gasteiger partial charge in [0.25, 0.3) is 6.29 Å². The Bertz CT molecular complexity index is 961. The summed E-state index contributed by atoms with van der Waals surface area (Å²) in [5, 5.41) is 0.482. The first-order chi connectivity index (χ1) is 13.7. The molecule has 4 atom stereocenters. The molecule has 2 fully saturated rings. The number of hydrogen-bond acceptors (Lipinski definition) is 7. The number of amides is 2. The summed E-state index contributed by atoms with van der Waals surface area (Å²) < 4.78 is 16.2. The van der Waals surface area contributed by atoms with Gasteiger partial charge in [0.05, 0.1) is 28.6 Å². The number of carbonyl (C=O) groups is 4. The van der Waals surface area contributed by atoms with Crippen LogP contribution in [0.3, 0.4) is 0 Å². The molecule has 3 aliphatic heterocycles. The van der Waals surface area contributed by atoms with Crippen molar-refractivity contribution < 1.29 is 33.4 Å². The lowest BCUT2D eigenvalue weighted by Crippen LogP contribution is -2.52. The average molecular weight is 440 g/mol. The smallest absolute Gasteiger partial charge is 0.305 e. The van der Waals surface area contributed by atoms with Crippen molar-refractivity contribution in [3.63, 3.8) is 0 Å². The topological polar surface area (TPSA) is 99.2 Å². The number of nitrogens with zero attached hydrogens (tertiary/aromatic N) is 1. The third kappa shape index (κ3) is 2.94. The molecule has 4 rings (SSSR count). The number of halogens is 2. The fraction of sp³-hybridized carbons (Fsp3) is 0.368. The molecule has 0 N–H and O–H groups in total. The molecule has 10 heteroatoms. The largest absolute Gasteiger partial charge is 0.422 e. The second-order valence-electron chi connectivity index (χ2n) is 6.96. The van der Waals surface area contributed by atoms with Gasteiger partial charge in [0, 0.05) is 18.9 Å². The van der Waals surface area contributed by atoms with Crippen LogP contribution in [0, 0.1) is 11.8 Å². The maximum absolute atomic E-state index is 13.3. The summed E-state index contributed by atoms with van der Waals surface area (Å²) in [5.74, 6) is -4.49. The predicted molar refractivity (Wildman–Crippen MR) is 100.0 cm³/mol. The van der Waals surface area contributed by atoms with Gasteiger partial charge in [0.1, 0.15) is 0 Å². The minimum absolute atomic E-state index is 0.131. The van der Waals surface area contributed by atoms with Crippen LogP contribution >= 0.6 is 23.2 Å². The first-order valence-electron chi connectivity index (χ1n) is 8.70. The molecule has 0 radical (unpaired) electrons. The minimum atomic E-state index is -1.60. The van der Waals surface area contributed by atoms with Crippen LogP contribution in [0.1, 0.15) is 13.8 Å². The van der Waals surface area contributed by atoms with Gasteiger partial charge in [-0.3, -0.25) is 19.2 Å². The molecule has 0 aliphatic carbocycles. The second kappa shape index (κ2) is 6.83. The number of ether oxygens (including phenoxy) is 3. The maximum Gasteiger partial charge on any atom is 0.305 e. The molecule has 2 amide bonds. The number of hydrogen-bond donors (Lipinski definition) is 0. The lowest BCUT2D eigenvalue weighted by molar-refractivity contribution is -0.226. The number of carbonyl (C=O) groups excluding carboxylic acids is 4. The first-order valence-corrected chi connectivity index (χ1v) is 9.46. The van der Waals surface area contributed by atoms with E-state index in [1.807, 2.05) is 0 Å². The van der Waals surface area contributed by atoms with E-state index in [-0.39, 0.29) is 10.7 Å². The van der Waals surface area contributed by atoms with Crippen LogP contribution in [0.25, 0.3) is 0 Å². The van der Waals surface area contributed by atoms with Gasteiger partial charge in [-0.1, -0.05) is 29.3 Å². The van der Waals surface area contributed by atoms with Crippen molar-refractivity contribution in [1.82, 2.24) is 0 Å². The molecule has 152 valence electrons. The van der Waals surface area contributed by atoms with Crippen molar-refractivity contribution in [2.24, 2.45) is 11.8 Å². The molecule has 0 unspecified atom stereocenters. The van der Waals surface area contributed by atoms with Gasteiger partial charge >= 0.3 is 11.9 Å². The molecule has 0 spiro atoms. The van der Waals surface area contributed by atoms with Gasteiger partial charge < -0.3 is 14.2 Å². The van der Waals surface area contributed by atoms with Gasteiger partial charge in [-0.2, -0.15) is 0 Å². The van der Waals surface area contributed by atoms with E-state index in [1.54, 1.807) is 6.08 Å². The zero-order chi connectivity index (χ0) is 21.1. The maximum atomic E-state index is 13.3.